The van der Waals surface area contributed by atoms with Gasteiger partial charge in [0.25, 0.3) is 5.91 Å². The normalized spacial score (nSPS) is 19.2. The summed E-state index contributed by atoms with van der Waals surface area (Å²) in [6.45, 7) is 0. The number of hydrogen-bond acceptors (Lipinski definition) is 5. The number of benzene rings is 2. The van der Waals surface area contributed by atoms with Crippen molar-refractivity contribution >= 4 is 42.9 Å². The molecule has 0 spiro atoms. The van der Waals surface area contributed by atoms with E-state index in [1.807, 2.05) is 0 Å². The second-order valence-corrected chi connectivity index (χ2v) is 10.9. The van der Waals surface area contributed by atoms with E-state index in [0.717, 1.165) is 0 Å². The highest BCUT2D eigenvalue weighted by Crippen LogP contribution is 2.26. The van der Waals surface area contributed by atoms with Gasteiger partial charge in [-0.05, 0) is 42.8 Å². The zero-order chi connectivity index (χ0) is 18.9. The van der Waals surface area contributed by atoms with Gasteiger partial charge in [0.2, 0.25) is 0 Å². The molecule has 2 aromatic carbocycles. The molecule has 0 aromatic heterocycles. The molecule has 0 bridgehead atoms. The number of sulfone groups is 2. The van der Waals surface area contributed by atoms with Crippen LogP contribution >= 0.6 is 11.6 Å². The Labute approximate surface area is 157 Å². The Bertz CT molecular complexity index is 1050. The Hall–Kier alpha value is -1.90. The van der Waals surface area contributed by atoms with Crippen molar-refractivity contribution in [3.63, 3.8) is 0 Å². The van der Waals surface area contributed by atoms with Gasteiger partial charge in [0.1, 0.15) is 0 Å². The Balaban J connectivity index is 1.78. The van der Waals surface area contributed by atoms with Gasteiger partial charge in [0, 0.05) is 5.56 Å². The molecule has 1 aliphatic heterocycles. The monoisotopic (exact) mass is 413 g/mol. The van der Waals surface area contributed by atoms with Crippen molar-refractivity contribution in [2.24, 2.45) is 0 Å². The number of hydrogen-bond donors (Lipinski definition) is 1. The van der Waals surface area contributed by atoms with Gasteiger partial charge in [0.15, 0.2) is 19.7 Å². The molecule has 1 aliphatic rings. The lowest BCUT2D eigenvalue weighted by Gasteiger charge is -2.11. The SMILES string of the molecule is O=C(Nc1ccccc1Cl)c1ccc(S(=O)(=O)[C@@H]2CCS(=O)(=O)C2)cc1. The molecule has 1 atom stereocenters. The van der Waals surface area contributed by atoms with Crippen LogP contribution < -0.4 is 5.32 Å². The highest BCUT2D eigenvalue weighted by molar-refractivity contribution is 7.96. The van der Waals surface area contributed by atoms with Gasteiger partial charge in [-0.2, -0.15) is 0 Å². The first-order chi connectivity index (χ1) is 12.2. The number of rotatable bonds is 4. The zero-order valence-electron chi connectivity index (χ0n) is 13.6. The van der Waals surface area contributed by atoms with Crippen LogP contribution in [0.5, 0.6) is 0 Å². The Morgan fingerprint density at radius 3 is 2.31 bits per heavy atom. The average molecular weight is 414 g/mol. The van der Waals surface area contributed by atoms with Crippen molar-refractivity contribution in [3.8, 4) is 0 Å². The van der Waals surface area contributed by atoms with E-state index >= 15 is 0 Å². The molecule has 1 amide bonds. The minimum absolute atomic E-state index is 0.00823. The summed E-state index contributed by atoms with van der Waals surface area (Å²) in [5.41, 5.74) is 0.718. The maximum absolute atomic E-state index is 12.6. The van der Waals surface area contributed by atoms with Crippen molar-refractivity contribution < 1.29 is 21.6 Å². The van der Waals surface area contributed by atoms with Gasteiger partial charge >= 0.3 is 0 Å². The first-order valence-electron chi connectivity index (χ1n) is 7.79. The highest BCUT2D eigenvalue weighted by Gasteiger charge is 2.37. The van der Waals surface area contributed by atoms with Crippen LogP contribution in [0.15, 0.2) is 53.4 Å². The molecule has 0 saturated carbocycles. The largest absolute Gasteiger partial charge is 0.321 e. The first-order valence-corrected chi connectivity index (χ1v) is 11.5. The van der Waals surface area contributed by atoms with Crippen LogP contribution in [-0.2, 0) is 19.7 Å². The summed E-state index contributed by atoms with van der Waals surface area (Å²) < 4.78 is 48.2. The first kappa shape index (κ1) is 18.9. The standard InChI is InChI=1S/C17H16ClNO5S2/c18-15-3-1-2-4-16(15)19-17(20)12-5-7-13(8-6-12)26(23,24)14-9-10-25(21,22)11-14/h1-8,14H,9-11H2,(H,19,20)/t14-/m1/s1. The number of para-hydroxylation sites is 1. The van der Waals surface area contributed by atoms with E-state index in [1.54, 1.807) is 24.3 Å². The topological polar surface area (TPSA) is 97.4 Å². The second kappa shape index (κ2) is 7.02. The second-order valence-electron chi connectivity index (χ2n) is 6.03. The summed E-state index contributed by atoms with van der Waals surface area (Å²) in [4.78, 5) is 12.3. The summed E-state index contributed by atoms with van der Waals surface area (Å²) in [6, 6.07) is 12.2. The summed E-state index contributed by atoms with van der Waals surface area (Å²) in [6.07, 6.45) is 0.0966. The summed E-state index contributed by atoms with van der Waals surface area (Å²) in [5, 5.41) is 2.11. The molecule has 138 valence electrons. The zero-order valence-corrected chi connectivity index (χ0v) is 15.9. The highest BCUT2D eigenvalue weighted by atomic mass is 35.5. The Morgan fingerprint density at radius 1 is 1.08 bits per heavy atom. The minimum Gasteiger partial charge on any atom is -0.321 e. The fourth-order valence-electron chi connectivity index (χ4n) is 2.75. The van der Waals surface area contributed by atoms with Gasteiger partial charge in [0.05, 0.1) is 32.4 Å². The lowest BCUT2D eigenvalue weighted by Crippen LogP contribution is -2.23. The summed E-state index contributed by atoms with van der Waals surface area (Å²) in [5.74, 6) is -0.898. The number of carbonyl (C=O) groups is 1. The molecule has 2 aromatic rings. The number of anilines is 1. The van der Waals surface area contributed by atoms with Crippen LogP contribution in [0.2, 0.25) is 5.02 Å². The number of nitrogens with one attached hydrogen (secondary N) is 1. The number of halogens is 1. The maximum Gasteiger partial charge on any atom is 0.255 e. The molecule has 6 nitrogen and oxygen atoms in total. The van der Waals surface area contributed by atoms with Crippen LogP contribution in [0.1, 0.15) is 16.8 Å². The molecule has 1 heterocycles. The van der Waals surface area contributed by atoms with Crippen molar-refractivity contribution in [1.82, 2.24) is 0 Å². The van der Waals surface area contributed by atoms with Crippen molar-refractivity contribution in [2.45, 2.75) is 16.6 Å². The molecule has 26 heavy (non-hydrogen) atoms. The quantitative estimate of drug-likeness (QED) is 0.830. The van der Waals surface area contributed by atoms with E-state index in [2.05, 4.69) is 5.32 Å². The third kappa shape index (κ3) is 3.92. The van der Waals surface area contributed by atoms with E-state index < -0.39 is 30.8 Å². The molecule has 1 saturated heterocycles. The molecule has 1 N–H and O–H groups in total. The molecule has 1 fully saturated rings. The van der Waals surface area contributed by atoms with E-state index in [1.165, 1.54) is 24.3 Å². The van der Waals surface area contributed by atoms with Gasteiger partial charge in [-0.1, -0.05) is 23.7 Å². The molecule has 0 radical (unpaired) electrons. The fraction of sp³-hybridized carbons (Fsp3) is 0.235. The maximum atomic E-state index is 12.6. The Morgan fingerprint density at radius 2 is 1.73 bits per heavy atom. The molecule has 0 aliphatic carbocycles. The summed E-state index contributed by atoms with van der Waals surface area (Å²) in [7, 11) is -7.05. The number of carbonyl (C=O) groups excluding carboxylic acids is 1. The van der Waals surface area contributed by atoms with Crippen molar-refractivity contribution in [3.05, 3.63) is 59.1 Å². The van der Waals surface area contributed by atoms with Gasteiger partial charge in [-0.15, -0.1) is 0 Å². The smallest absolute Gasteiger partial charge is 0.255 e. The van der Waals surface area contributed by atoms with Crippen molar-refractivity contribution in [2.75, 3.05) is 16.8 Å². The average Bonchev–Trinajstić information content (AvgIpc) is 2.98. The van der Waals surface area contributed by atoms with Crippen LogP contribution in [0.4, 0.5) is 5.69 Å². The lowest BCUT2D eigenvalue weighted by atomic mass is 10.2. The van der Waals surface area contributed by atoms with Crippen LogP contribution in [0.3, 0.4) is 0 Å². The van der Waals surface area contributed by atoms with Gasteiger partial charge in [-0.3, -0.25) is 4.79 Å². The third-order valence-corrected chi connectivity index (χ3v) is 8.71. The van der Waals surface area contributed by atoms with Gasteiger partial charge < -0.3 is 5.32 Å². The predicted octanol–water partition coefficient (Wildman–Crippen LogP) is 2.55. The molecular weight excluding hydrogens is 398 g/mol. The Kier molecular flexibility index (Phi) is 5.09. The molecule has 3 rings (SSSR count). The predicted molar refractivity (Wildman–Crippen MR) is 100 cm³/mol. The van der Waals surface area contributed by atoms with Crippen molar-refractivity contribution in [1.29, 1.82) is 0 Å². The van der Waals surface area contributed by atoms with Crippen LogP contribution in [0, 0.1) is 0 Å². The minimum atomic E-state index is -3.75. The fourth-order valence-corrected chi connectivity index (χ4v) is 7.29. The molecule has 9 heteroatoms. The van der Waals surface area contributed by atoms with E-state index in [9.17, 15) is 21.6 Å². The van der Waals surface area contributed by atoms with E-state index in [0.29, 0.717) is 10.7 Å². The van der Waals surface area contributed by atoms with Gasteiger partial charge in [-0.25, -0.2) is 16.8 Å². The van der Waals surface area contributed by atoms with Crippen LogP contribution in [0.25, 0.3) is 0 Å². The molecule has 0 unspecified atom stereocenters. The van der Waals surface area contributed by atoms with Crippen LogP contribution in [-0.4, -0.2) is 39.5 Å². The molecular formula is C17H16ClNO5S2. The third-order valence-electron chi connectivity index (χ3n) is 4.20. The summed E-state index contributed by atoms with van der Waals surface area (Å²) >= 11 is 5.99. The van der Waals surface area contributed by atoms with E-state index in [-0.39, 0.29) is 28.4 Å². The van der Waals surface area contributed by atoms with E-state index in [4.69, 9.17) is 11.6 Å². The number of amides is 1. The lowest BCUT2D eigenvalue weighted by molar-refractivity contribution is 0.102.